The molecule has 0 bridgehead atoms. The van der Waals surface area contributed by atoms with Crippen LogP contribution in [0.1, 0.15) is 37.4 Å². The lowest BCUT2D eigenvalue weighted by atomic mass is 10.3. The summed E-state index contributed by atoms with van der Waals surface area (Å²) >= 11 is 1.31. The fourth-order valence-electron chi connectivity index (χ4n) is 1.25. The molecule has 0 spiro atoms. The van der Waals surface area contributed by atoms with Gasteiger partial charge in [0.1, 0.15) is 6.61 Å². The Morgan fingerprint density at radius 2 is 1.84 bits per heavy atom. The Labute approximate surface area is 117 Å². The zero-order valence-corrected chi connectivity index (χ0v) is 13.2. The molecule has 0 saturated carbocycles. The molecule has 7 heteroatoms. The van der Waals surface area contributed by atoms with Gasteiger partial charge in [0.15, 0.2) is 5.78 Å². The van der Waals surface area contributed by atoms with Crippen molar-refractivity contribution >= 4 is 24.9 Å². The lowest BCUT2D eigenvalue weighted by Gasteiger charge is -2.21. The molecule has 108 valence electrons. The fraction of sp³-hybridized carbons (Fsp3) is 0.583. The number of ketones is 1. The van der Waals surface area contributed by atoms with Gasteiger partial charge in [0.25, 0.3) is 0 Å². The van der Waals surface area contributed by atoms with Gasteiger partial charge in [-0.1, -0.05) is 6.07 Å². The fourth-order valence-corrected chi connectivity index (χ4v) is 3.38. The number of phosphoric acid groups is 1. The van der Waals surface area contributed by atoms with Gasteiger partial charge in [-0.3, -0.25) is 18.4 Å². The second-order valence-corrected chi connectivity index (χ2v) is 6.95. The highest BCUT2D eigenvalue weighted by Crippen LogP contribution is 2.51. The van der Waals surface area contributed by atoms with Crippen molar-refractivity contribution in [3.05, 3.63) is 22.4 Å². The van der Waals surface area contributed by atoms with Gasteiger partial charge in [-0.15, -0.1) is 11.3 Å². The third-order valence-electron chi connectivity index (χ3n) is 1.83. The van der Waals surface area contributed by atoms with Crippen molar-refractivity contribution in [3.63, 3.8) is 0 Å². The summed E-state index contributed by atoms with van der Waals surface area (Å²) in [6.07, 6.45) is -0.636. The van der Waals surface area contributed by atoms with Crippen molar-refractivity contribution in [2.75, 3.05) is 6.61 Å². The van der Waals surface area contributed by atoms with Crippen LogP contribution < -0.4 is 0 Å². The SMILES string of the molecule is CC(C)OP(=O)(OCC(=O)c1cccs1)OC(C)C. The first-order chi connectivity index (χ1) is 8.82. The third-order valence-corrected chi connectivity index (χ3v) is 4.55. The number of phosphoric ester groups is 1. The van der Waals surface area contributed by atoms with Crippen molar-refractivity contribution in [2.45, 2.75) is 39.9 Å². The molecule has 0 aliphatic carbocycles. The molecular formula is C12H19O5PS. The summed E-state index contributed by atoms with van der Waals surface area (Å²) in [6, 6.07) is 3.46. The Morgan fingerprint density at radius 1 is 1.26 bits per heavy atom. The second kappa shape index (κ2) is 7.31. The van der Waals surface area contributed by atoms with Gasteiger partial charge in [0.2, 0.25) is 0 Å². The zero-order valence-electron chi connectivity index (χ0n) is 11.5. The van der Waals surface area contributed by atoms with Crippen LogP contribution in [0.4, 0.5) is 0 Å². The summed E-state index contributed by atoms with van der Waals surface area (Å²) < 4.78 is 27.8. The maximum atomic E-state index is 12.3. The van der Waals surface area contributed by atoms with Gasteiger partial charge in [-0.2, -0.15) is 0 Å². The largest absolute Gasteiger partial charge is 0.475 e. The molecule has 1 aromatic heterocycles. The maximum Gasteiger partial charge on any atom is 0.475 e. The van der Waals surface area contributed by atoms with Crippen LogP contribution in [0.3, 0.4) is 0 Å². The molecule has 0 aliphatic rings. The van der Waals surface area contributed by atoms with Crippen LogP contribution in [-0.4, -0.2) is 24.6 Å². The number of hydrogen-bond acceptors (Lipinski definition) is 6. The predicted octanol–water partition coefficient (Wildman–Crippen LogP) is 3.91. The van der Waals surface area contributed by atoms with Gasteiger partial charge >= 0.3 is 7.82 Å². The molecule has 1 rings (SSSR count). The van der Waals surface area contributed by atoms with E-state index in [9.17, 15) is 9.36 Å². The first kappa shape index (κ1) is 16.5. The van der Waals surface area contributed by atoms with E-state index >= 15 is 0 Å². The normalized spacial score (nSPS) is 12.3. The molecule has 0 N–H and O–H groups in total. The molecule has 1 aromatic rings. The van der Waals surface area contributed by atoms with E-state index < -0.39 is 7.82 Å². The highest BCUT2D eigenvalue weighted by molar-refractivity contribution is 7.48. The molecule has 0 atom stereocenters. The van der Waals surface area contributed by atoms with E-state index in [4.69, 9.17) is 13.6 Å². The van der Waals surface area contributed by atoms with Crippen LogP contribution in [0.5, 0.6) is 0 Å². The van der Waals surface area contributed by atoms with Crippen molar-refractivity contribution in [1.82, 2.24) is 0 Å². The minimum absolute atomic E-state index is 0.241. The topological polar surface area (TPSA) is 61.8 Å². The lowest BCUT2D eigenvalue weighted by Crippen LogP contribution is -2.13. The standard InChI is InChI=1S/C12H19O5PS/c1-9(2)16-18(14,17-10(3)4)15-8-11(13)12-6-5-7-19-12/h5-7,9-10H,8H2,1-4H3. The van der Waals surface area contributed by atoms with Crippen LogP contribution in [-0.2, 0) is 18.1 Å². The Balaban J connectivity index is 2.63. The van der Waals surface area contributed by atoms with Crippen LogP contribution in [0, 0.1) is 0 Å². The van der Waals surface area contributed by atoms with Crippen molar-refractivity contribution < 1.29 is 22.9 Å². The Morgan fingerprint density at radius 3 is 2.26 bits per heavy atom. The van der Waals surface area contributed by atoms with Crippen LogP contribution >= 0.6 is 19.2 Å². The van der Waals surface area contributed by atoms with Gasteiger partial charge in [0, 0.05) is 0 Å². The van der Waals surface area contributed by atoms with E-state index in [-0.39, 0.29) is 24.6 Å². The number of carbonyl (C=O) groups is 1. The molecule has 5 nitrogen and oxygen atoms in total. The van der Waals surface area contributed by atoms with Gasteiger partial charge < -0.3 is 0 Å². The van der Waals surface area contributed by atoms with E-state index in [1.807, 2.05) is 0 Å². The number of hydrogen-bond donors (Lipinski definition) is 0. The maximum absolute atomic E-state index is 12.3. The molecule has 0 aliphatic heterocycles. The average molecular weight is 306 g/mol. The molecule has 1 heterocycles. The van der Waals surface area contributed by atoms with Crippen molar-refractivity contribution in [3.8, 4) is 0 Å². The van der Waals surface area contributed by atoms with E-state index in [0.29, 0.717) is 4.88 Å². The Kier molecular flexibility index (Phi) is 6.36. The molecule has 0 radical (unpaired) electrons. The molecule has 0 unspecified atom stereocenters. The lowest BCUT2D eigenvalue weighted by molar-refractivity contribution is 0.0632. The molecule has 0 fully saturated rings. The van der Waals surface area contributed by atoms with Gasteiger partial charge in [-0.25, -0.2) is 4.57 Å². The monoisotopic (exact) mass is 306 g/mol. The number of carbonyl (C=O) groups excluding carboxylic acids is 1. The quantitative estimate of drug-likeness (QED) is 0.538. The summed E-state index contributed by atoms with van der Waals surface area (Å²) in [4.78, 5) is 12.3. The molecular weight excluding hydrogens is 287 g/mol. The third kappa shape index (κ3) is 5.97. The van der Waals surface area contributed by atoms with Crippen LogP contribution in [0.15, 0.2) is 17.5 Å². The van der Waals surface area contributed by atoms with Gasteiger partial charge in [0.05, 0.1) is 17.1 Å². The van der Waals surface area contributed by atoms with E-state index in [2.05, 4.69) is 0 Å². The minimum atomic E-state index is -3.70. The molecule has 0 amide bonds. The highest BCUT2D eigenvalue weighted by Gasteiger charge is 2.30. The number of Topliss-reactive ketones (excluding diaryl/α,β-unsaturated/α-hetero) is 1. The minimum Gasteiger partial charge on any atom is -0.291 e. The Hall–Kier alpha value is -0.520. The van der Waals surface area contributed by atoms with Crippen LogP contribution in [0.2, 0.25) is 0 Å². The van der Waals surface area contributed by atoms with Crippen molar-refractivity contribution in [1.29, 1.82) is 0 Å². The molecule has 0 aromatic carbocycles. The van der Waals surface area contributed by atoms with E-state index in [1.54, 1.807) is 45.2 Å². The smallest absolute Gasteiger partial charge is 0.291 e. The summed E-state index contributed by atoms with van der Waals surface area (Å²) in [5.41, 5.74) is 0. The second-order valence-electron chi connectivity index (χ2n) is 4.43. The Bertz CT molecular complexity index is 427. The van der Waals surface area contributed by atoms with E-state index in [0.717, 1.165) is 0 Å². The number of thiophene rings is 1. The highest BCUT2D eigenvalue weighted by atomic mass is 32.1. The molecule has 0 saturated heterocycles. The summed E-state index contributed by atoms with van der Waals surface area (Å²) in [7, 11) is -3.70. The average Bonchev–Trinajstić information content (AvgIpc) is 2.76. The number of rotatable bonds is 8. The van der Waals surface area contributed by atoms with Gasteiger partial charge in [-0.05, 0) is 39.1 Å². The van der Waals surface area contributed by atoms with E-state index in [1.165, 1.54) is 11.3 Å². The summed E-state index contributed by atoms with van der Waals surface area (Å²) in [5.74, 6) is -0.241. The summed E-state index contributed by atoms with van der Waals surface area (Å²) in [6.45, 7) is 6.57. The predicted molar refractivity (Wildman–Crippen MR) is 74.7 cm³/mol. The first-order valence-electron chi connectivity index (χ1n) is 6.00. The summed E-state index contributed by atoms with van der Waals surface area (Å²) in [5, 5.41) is 1.79. The first-order valence-corrected chi connectivity index (χ1v) is 8.34. The zero-order chi connectivity index (χ0) is 14.5. The van der Waals surface area contributed by atoms with Crippen LogP contribution in [0.25, 0.3) is 0 Å². The molecule has 19 heavy (non-hydrogen) atoms. The van der Waals surface area contributed by atoms with Crippen molar-refractivity contribution in [2.24, 2.45) is 0 Å².